The zero-order chi connectivity index (χ0) is 21.3. The van der Waals surface area contributed by atoms with Crippen molar-refractivity contribution in [2.24, 2.45) is 17.8 Å². The Morgan fingerprint density at radius 2 is 1.93 bits per heavy atom. The lowest BCUT2D eigenvalue weighted by molar-refractivity contribution is -0.137. The highest BCUT2D eigenvalue weighted by Gasteiger charge is 2.42. The highest BCUT2D eigenvalue weighted by Crippen LogP contribution is 2.36. The Morgan fingerprint density at radius 1 is 1.13 bits per heavy atom. The molecule has 3 N–H and O–H groups in total. The van der Waals surface area contributed by atoms with E-state index in [1.165, 1.54) is 18.9 Å². The summed E-state index contributed by atoms with van der Waals surface area (Å²) in [4.78, 5) is 8.65. The van der Waals surface area contributed by atoms with E-state index in [9.17, 15) is 23.4 Å². The number of nitrogens with zero attached hydrogens (tertiary/aromatic N) is 2. The normalized spacial score (nSPS) is 26.8. The quantitative estimate of drug-likeness (QED) is 0.641. The van der Waals surface area contributed by atoms with Crippen molar-refractivity contribution in [1.29, 1.82) is 0 Å². The monoisotopic (exact) mass is 421 g/mol. The number of halogens is 3. The third-order valence-corrected chi connectivity index (χ3v) is 6.24. The van der Waals surface area contributed by atoms with Crippen LogP contribution in [0.4, 0.5) is 13.2 Å². The van der Waals surface area contributed by atoms with Gasteiger partial charge in [0.05, 0.1) is 11.7 Å². The first-order valence-electron chi connectivity index (χ1n) is 10.4. The molecule has 8 heteroatoms. The minimum absolute atomic E-state index is 0.00647. The third-order valence-electron chi connectivity index (χ3n) is 6.24. The Kier molecular flexibility index (Phi) is 6.09. The first kappa shape index (κ1) is 21.2. The van der Waals surface area contributed by atoms with E-state index in [1.54, 1.807) is 18.3 Å². The second-order valence-electron chi connectivity index (χ2n) is 8.43. The van der Waals surface area contributed by atoms with Gasteiger partial charge in [-0.1, -0.05) is 12.1 Å². The molecule has 4 atom stereocenters. The van der Waals surface area contributed by atoms with Gasteiger partial charge in [-0.3, -0.25) is 0 Å². The molecule has 0 saturated heterocycles. The van der Waals surface area contributed by atoms with Gasteiger partial charge in [0.25, 0.3) is 0 Å². The van der Waals surface area contributed by atoms with Crippen LogP contribution in [-0.2, 0) is 12.6 Å². The van der Waals surface area contributed by atoms with Crippen molar-refractivity contribution < 1.29 is 23.4 Å². The van der Waals surface area contributed by atoms with Crippen molar-refractivity contribution in [3.8, 4) is 11.4 Å². The lowest BCUT2D eigenvalue weighted by atomic mass is 9.88. The van der Waals surface area contributed by atoms with Crippen molar-refractivity contribution in [3.05, 3.63) is 47.8 Å². The second kappa shape index (κ2) is 8.61. The Hall–Kier alpha value is -2.03. The van der Waals surface area contributed by atoms with Crippen LogP contribution in [0.1, 0.15) is 30.5 Å². The van der Waals surface area contributed by atoms with Crippen LogP contribution in [0, 0.1) is 17.8 Å². The largest absolute Gasteiger partial charge is 0.416 e. The standard InChI is InChI=1S/C22H26F3N3O2/c23-22(24,25)15-3-1-2-14(8-15)21-26-7-6-16(28-21)9-17-18(12-29)20(30)10-19(17)27-11-13-4-5-13/h1-3,6-8,13,17-20,27,29-30H,4-5,9-12H2. The molecule has 0 bridgehead atoms. The van der Waals surface area contributed by atoms with Gasteiger partial charge in [0.15, 0.2) is 5.82 Å². The molecule has 2 fully saturated rings. The number of hydrogen-bond donors (Lipinski definition) is 3. The first-order valence-corrected chi connectivity index (χ1v) is 10.4. The highest BCUT2D eigenvalue weighted by atomic mass is 19.4. The van der Waals surface area contributed by atoms with E-state index in [0.29, 0.717) is 30.0 Å². The summed E-state index contributed by atoms with van der Waals surface area (Å²) in [5.41, 5.74) is 0.256. The van der Waals surface area contributed by atoms with E-state index in [2.05, 4.69) is 15.3 Å². The zero-order valence-electron chi connectivity index (χ0n) is 16.5. The fourth-order valence-corrected chi connectivity index (χ4v) is 4.34. The maximum atomic E-state index is 13.0. The Morgan fingerprint density at radius 3 is 2.63 bits per heavy atom. The molecule has 4 rings (SSSR count). The number of aliphatic hydroxyl groups excluding tert-OH is 2. The number of aromatic nitrogens is 2. The Labute approximate surface area is 173 Å². The fraction of sp³-hybridized carbons (Fsp3) is 0.545. The molecular weight excluding hydrogens is 395 g/mol. The van der Waals surface area contributed by atoms with Crippen LogP contribution in [-0.4, -0.2) is 45.5 Å². The summed E-state index contributed by atoms with van der Waals surface area (Å²) in [6.07, 6.45) is 0.0756. The SMILES string of the molecule is OCC1C(O)CC(NCC2CC2)C1Cc1ccnc(-c2cccc(C(F)(F)F)c2)n1. The molecule has 1 heterocycles. The summed E-state index contributed by atoms with van der Waals surface area (Å²) in [6.45, 7) is 0.796. The van der Waals surface area contributed by atoms with Crippen LogP contribution in [0.2, 0.25) is 0 Å². The predicted octanol–water partition coefficient (Wildman–Crippen LogP) is 3.06. The summed E-state index contributed by atoms with van der Waals surface area (Å²) in [5.74, 6) is 0.671. The molecular formula is C22H26F3N3O2. The lowest BCUT2D eigenvalue weighted by Crippen LogP contribution is -2.37. The van der Waals surface area contributed by atoms with E-state index in [0.717, 1.165) is 18.7 Å². The summed E-state index contributed by atoms with van der Waals surface area (Å²) in [6, 6.07) is 6.80. The molecule has 5 nitrogen and oxygen atoms in total. The van der Waals surface area contributed by atoms with Crippen molar-refractivity contribution in [2.45, 2.75) is 44.0 Å². The highest BCUT2D eigenvalue weighted by molar-refractivity contribution is 5.56. The summed E-state index contributed by atoms with van der Waals surface area (Å²) in [5, 5.41) is 23.7. The number of aliphatic hydroxyl groups is 2. The van der Waals surface area contributed by atoms with Gasteiger partial charge in [-0.25, -0.2) is 9.97 Å². The number of benzene rings is 1. The van der Waals surface area contributed by atoms with E-state index < -0.39 is 17.8 Å². The number of alkyl halides is 3. The summed E-state index contributed by atoms with van der Waals surface area (Å²) >= 11 is 0. The zero-order valence-corrected chi connectivity index (χ0v) is 16.5. The topological polar surface area (TPSA) is 78.3 Å². The van der Waals surface area contributed by atoms with E-state index >= 15 is 0 Å². The van der Waals surface area contributed by atoms with Crippen LogP contribution in [0.25, 0.3) is 11.4 Å². The molecule has 4 unspecified atom stereocenters. The van der Waals surface area contributed by atoms with Gasteiger partial charge < -0.3 is 15.5 Å². The lowest BCUT2D eigenvalue weighted by Gasteiger charge is -2.25. The molecule has 2 aliphatic rings. The van der Waals surface area contributed by atoms with Crippen molar-refractivity contribution in [3.63, 3.8) is 0 Å². The van der Waals surface area contributed by atoms with Gasteiger partial charge in [0.1, 0.15) is 0 Å². The molecule has 0 radical (unpaired) electrons. The van der Waals surface area contributed by atoms with Gasteiger partial charge in [-0.05, 0) is 62.3 Å². The number of nitrogens with one attached hydrogen (secondary N) is 1. The molecule has 0 aliphatic heterocycles. The summed E-state index contributed by atoms with van der Waals surface area (Å²) in [7, 11) is 0. The second-order valence-corrected chi connectivity index (χ2v) is 8.43. The van der Waals surface area contributed by atoms with Gasteiger partial charge in [0, 0.05) is 36.0 Å². The van der Waals surface area contributed by atoms with E-state index in [1.807, 2.05) is 0 Å². The minimum atomic E-state index is -4.43. The maximum absolute atomic E-state index is 13.0. The van der Waals surface area contributed by atoms with Crippen molar-refractivity contribution >= 4 is 0 Å². The molecule has 1 aromatic carbocycles. The van der Waals surface area contributed by atoms with E-state index in [4.69, 9.17) is 0 Å². The van der Waals surface area contributed by atoms with Crippen LogP contribution in [0.15, 0.2) is 36.5 Å². The first-order chi connectivity index (χ1) is 14.3. The molecule has 2 saturated carbocycles. The predicted molar refractivity (Wildman–Crippen MR) is 105 cm³/mol. The van der Waals surface area contributed by atoms with E-state index in [-0.39, 0.29) is 30.3 Å². The van der Waals surface area contributed by atoms with Gasteiger partial charge in [0.2, 0.25) is 0 Å². The van der Waals surface area contributed by atoms with Crippen molar-refractivity contribution in [2.75, 3.05) is 13.2 Å². The molecule has 162 valence electrons. The van der Waals surface area contributed by atoms with Gasteiger partial charge in [-0.15, -0.1) is 0 Å². The maximum Gasteiger partial charge on any atom is 0.416 e. The minimum Gasteiger partial charge on any atom is -0.396 e. The van der Waals surface area contributed by atoms with Crippen LogP contribution < -0.4 is 5.32 Å². The smallest absolute Gasteiger partial charge is 0.396 e. The van der Waals surface area contributed by atoms with Crippen molar-refractivity contribution in [1.82, 2.24) is 15.3 Å². The molecule has 0 amide bonds. The molecule has 2 aliphatic carbocycles. The fourth-order valence-electron chi connectivity index (χ4n) is 4.34. The van der Waals surface area contributed by atoms with Gasteiger partial charge >= 0.3 is 6.18 Å². The van der Waals surface area contributed by atoms with Crippen LogP contribution in [0.5, 0.6) is 0 Å². The average molecular weight is 421 g/mol. The molecule has 1 aromatic heterocycles. The average Bonchev–Trinajstić information content (AvgIpc) is 3.50. The Bertz CT molecular complexity index is 873. The molecule has 30 heavy (non-hydrogen) atoms. The van der Waals surface area contributed by atoms with Crippen LogP contribution in [0.3, 0.4) is 0 Å². The number of rotatable bonds is 7. The number of hydrogen-bond acceptors (Lipinski definition) is 5. The van der Waals surface area contributed by atoms with Crippen LogP contribution >= 0.6 is 0 Å². The summed E-state index contributed by atoms with van der Waals surface area (Å²) < 4.78 is 39.1. The Balaban J connectivity index is 1.54. The molecule has 0 spiro atoms. The third kappa shape index (κ3) is 4.82. The molecule has 2 aromatic rings. The van der Waals surface area contributed by atoms with Gasteiger partial charge in [-0.2, -0.15) is 13.2 Å².